The Labute approximate surface area is 287 Å². The van der Waals surface area contributed by atoms with Crippen LogP contribution in [-0.2, 0) is 37.6 Å². The van der Waals surface area contributed by atoms with Crippen molar-refractivity contribution >= 4 is 28.9 Å². The molecule has 49 heavy (non-hydrogen) atoms. The number of hydrogen-bond donors (Lipinski definition) is 1. The normalized spacial score (nSPS) is 21.3. The Morgan fingerprint density at radius 3 is 2.57 bits per heavy atom. The minimum atomic E-state index is -0.142. The average molecular weight is 663 g/mol. The van der Waals surface area contributed by atoms with Gasteiger partial charge >= 0.3 is 0 Å². The van der Waals surface area contributed by atoms with Gasteiger partial charge in [0, 0.05) is 74.5 Å². The van der Waals surface area contributed by atoms with Crippen LogP contribution in [0.5, 0.6) is 0 Å². The van der Waals surface area contributed by atoms with Gasteiger partial charge in [0.1, 0.15) is 23.0 Å². The van der Waals surface area contributed by atoms with Crippen LogP contribution in [0.4, 0.5) is 23.0 Å². The van der Waals surface area contributed by atoms with Crippen LogP contribution in [0, 0.1) is 0 Å². The number of rotatable bonds is 7. The topological polar surface area (TPSA) is 101 Å². The number of pyridine rings is 3. The smallest absolute Gasteiger partial charge is 0.276 e. The van der Waals surface area contributed by atoms with E-state index in [2.05, 4.69) is 52.6 Å². The Balaban J connectivity index is 1.04. The Morgan fingerprint density at radius 1 is 0.980 bits per heavy atom. The van der Waals surface area contributed by atoms with Gasteiger partial charge in [-0.2, -0.15) is 0 Å². The molecule has 1 amide bonds. The fraction of sp³-hybridized carbons (Fsp3) is 0.474. The number of hydrogen-bond acceptors (Lipinski definition) is 8. The van der Waals surface area contributed by atoms with Crippen LogP contribution < -0.4 is 20.7 Å². The fourth-order valence-electron chi connectivity index (χ4n) is 8.33. The summed E-state index contributed by atoms with van der Waals surface area (Å²) in [6, 6.07) is 11.3. The lowest BCUT2D eigenvalue weighted by molar-refractivity contribution is -0.0828. The molecule has 0 bridgehead atoms. The first-order chi connectivity index (χ1) is 23.8. The van der Waals surface area contributed by atoms with Crippen LogP contribution in [0.3, 0.4) is 0 Å². The number of piperazine rings is 1. The van der Waals surface area contributed by atoms with E-state index < -0.39 is 0 Å². The van der Waals surface area contributed by atoms with E-state index in [1.54, 1.807) is 17.8 Å². The highest BCUT2D eigenvalue weighted by Crippen LogP contribution is 2.35. The molecular formula is C38H46N8O3. The van der Waals surface area contributed by atoms with Crippen LogP contribution >= 0.6 is 0 Å². The Morgan fingerprint density at radius 2 is 1.82 bits per heavy atom. The van der Waals surface area contributed by atoms with Gasteiger partial charge in [-0.25, -0.2) is 9.97 Å². The SMILES string of the molecule is CCc1c(-c2cc(Nc3ccc(N4C[C@@H](C)N(C5COC5)C[C@@H]4C)cn3)c(=O)n(C)c2)ccnc1N1CCn2c(cc3c2CCCC3)C1=O. The maximum atomic E-state index is 13.9. The summed E-state index contributed by atoms with van der Waals surface area (Å²) in [7, 11) is 1.77. The Hall–Kier alpha value is -4.48. The molecule has 1 aliphatic carbocycles. The number of carbonyl (C=O) groups excluding carboxylic acids is 1. The molecule has 3 aliphatic heterocycles. The highest BCUT2D eigenvalue weighted by molar-refractivity contribution is 6.06. The van der Waals surface area contributed by atoms with Crippen molar-refractivity contribution in [2.45, 2.75) is 77.5 Å². The van der Waals surface area contributed by atoms with Gasteiger partial charge in [-0.3, -0.25) is 19.4 Å². The number of ether oxygens (including phenoxy) is 1. The summed E-state index contributed by atoms with van der Waals surface area (Å²) < 4.78 is 9.29. The highest BCUT2D eigenvalue weighted by Gasteiger charge is 2.37. The fourth-order valence-corrected chi connectivity index (χ4v) is 8.33. The van der Waals surface area contributed by atoms with Crippen molar-refractivity contribution in [3.8, 4) is 11.1 Å². The number of anilines is 4. The number of aryl methyl sites for hydroxylation is 2. The van der Waals surface area contributed by atoms with Gasteiger partial charge in [0.2, 0.25) is 0 Å². The first kappa shape index (κ1) is 31.8. The zero-order valence-electron chi connectivity index (χ0n) is 29.0. The molecular weight excluding hydrogens is 616 g/mol. The number of aromatic nitrogens is 4. The Kier molecular flexibility index (Phi) is 8.27. The summed E-state index contributed by atoms with van der Waals surface area (Å²) >= 11 is 0. The molecule has 0 aromatic carbocycles. The molecule has 0 saturated carbocycles. The molecule has 2 fully saturated rings. The third-order valence-electron chi connectivity index (χ3n) is 11.0. The van der Waals surface area contributed by atoms with Crippen LogP contribution in [-0.4, -0.2) is 80.9 Å². The third kappa shape index (κ3) is 5.62. The minimum absolute atomic E-state index is 0.0102. The minimum Gasteiger partial charge on any atom is -0.378 e. The summed E-state index contributed by atoms with van der Waals surface area (Å²) in [4.78, 5) is 43.6. The third-order valence-corrected chi connectivity index (χ3v) is 11.0. The number of amides is 1. The van der Waals surface area contributed by atoms with Gasteiger partial charge in [-0.1, -0.05) is 6.92 Å². The average Bonchev–Trinajstić information content (AvgIpc) is 3.47. The van der Waals surface area contributed by atoms with E-state index >= 15 is 0 Å². The molecule has 2 saturated heterocycles. The molecule has 1 N–H and O–H groups in total. The Bertz CT molecular complexity index is 1950. The van der Waals surface area contributed by atoms with Crippen LogP contribution in [0.2, 0.25) is 0 Å². The summed E-state index contributed by atoms with van der Waals surface area (Å²) in [6.07, 6.45) is 10.7. The van der Waals surface area contributed by atoms with Crippen LogP contribution in [0.25, 0.3) is 11.1 Å². The van der Waals surface area contributed by atoms with E-state index in [0.29, 0.717) is 48.4 Å². The van der Waals surface area contributed by atoms with Crippen molar-refractivity contribution in [3.05, 3.63) is 81.8 Å². The van der Waals surface area contributed by atoms with E-state index in [9.17, 15) is 9.59 Å². The maximum absolute atomic E-state index is 13.9. The lowest BCUT2D eigenvalue weighted by Gasteiger charge is -2.50. The molecule has 2 atom stereocenters. The molecule has 256 valence electrons. The quantitative estimate of drug-likeness (QED) is 0.302. The number of fused-ring (bicyclic) bond motifs is 3. The summed E-state index contributed by atoms with van der Waals surface area (Å²) in [5.74, 6) is 1.32. The number of carbonyl (C=O) groups is 1. The predicted octanol–water partition coefficient (Wildman–Crippen LogP) is 4.79. The number of nitrogens with one attached hydrogen (secondary N) is 1. The van der Waals surface area contributed by atoms with Crippen molar-refractivity contribution in [3.63, 3.8) is 0 Å². The highest BCUT2D eigenvalue weighted by atomic mass is 16.5. The summed E-state index contributed by atoms with van der Waals surface area (Å²) in [6.45, 7) is 11.6. The molecule has 11 heteroatoms. The van der Waals surface area contributed by atoms with Crippen molar-refractivity contribution in [2.24, 2.45) is 7.05 Å². The molecule has 4 aromatic heterocycles. The van der Waals surface area contributed by atoms with E-state index in [-0.39, 0.29) is 11.5 Å². The van der Waals surface area contributed by atoms with Gasteiger partial charge in [0.05, 0.1) is 31.1 Å². The van der Waals surface area contributed by atoms with Gasteiger partial charge in [0.25, 0.3) is 11.5 Å². The largest absolute Gasteiger partial charge is 0.378 e. The van der Waals surface area contributed by atoms with E-state index in [4.69, 9.17) is 14.7 Å². The van der Waals surface area contributed by atoms with Crippen molar-refractivity contribution in [1.82, 2.24) is 24.0 Å². The lowest BCUT2D eigenvalue weighted by Crippen LogP contribution is -2.63. The van der Waals surface area contributed by atoms with E-state index in [1.165, 1.54) is 24.1 Å². The zero-order chi connectivity index (χ0) is 33.8. The first-order valence-corrected chi connectivity index (χ1v) is 17.9. The zero-order valence-corrected chi connectivity index (χ0v) is 29.0. The standard InChI is InChI=1S/C38H46N8O3/c1-5-30-31(12-13-39-36(30)44-15-14-43-33-9-7-6-8-26(33)17-34(43)38(44)48)27-16-32(37(47)42(4)21-27)41-35-11-10-28(18-40-35)45-19-25(3)46(20-24(45)2)29-22-49-23-29/h10-13,16-18,21,24-25,29H,5-9,14-15,19-20,22-23H2,1-4H3,(H,40,41)/t24-,25+/m0/s1. The number of nitrogens with zero attached hydrogens (tertiary/aromatic N) is 7. The van der Waals surface area contributed by atoms with Crippen molar-refractivity contribution < 1.29 is 9.53 Å². The van der Waals surface area contributed by atoms with Crippen molar-refractivity contribution in [1.29, 1.82) is 0 Å². The second kappa shape index (κ2) is 12.8. The molecule has 4 aliphatic rings. The summed E-state index contributed by atoms with van der Waals surface area (Å²) in [5, 5.41) is 3.30. The van der Waals surface area contributed by atoms with Crippen LogP contribution in [0.15, 0.2) is 53.7 Å². The molecule has 4 aromatic rings. The molecule has 11 nitrogen and oxygen atoms in total. The molecule has 8 rings (SSSR count). The van der Waals surface area contributed by atoms with Gasteiger partial charge in [-0.15, -0.1) is 0 Å². The monoisotopic (exact) mass is 662 g/mol. The lowest BCUT2D eigenvalue weighted by atomic mass is 9.98. The first-order valence-electron chi connectivity index (χ1n) is 17.9. The van der Waals surface area contributed by atoms with E-state index in [0.717, 1.165) is 73.8 Å². The molecule has 0 radical (unpaired) electrons. The van der Waals surface area contributed by atoms with Crippen LogP contribution in [0.1, 0.15) is 60.9 Å². The second-order valence-electron chi connectivity index (χ2n) is 14.2. The van der Waals surface area contributed by atoms with Crippen molar-refractivity contribution in [2.75, 3.05) is 48.0 Å². The summed E-state index contributed by atoms with van der Waals surface area (Å²) in [5.41, 5.74) is 7.63. The molecule has 0 spiro atoms. The second-order valence-corrected chi connectivity index (χ2v) is 14.2. The maximum Gasteiger partial charge on any atom is 0.276 e. The van der Waals surface area contributed by atoms with E-state index in [1.807, 2.05) is 35.5 Å². The molecule has 0 unspecified atom stereocenters. The van der Waals surface area contributed by atoms with Gasteiger partial charge in [-0.05, 0) is 87.4 Å². The predicted molar refractivity (Wildman–Crippen MR) is 192 cm³/mol. The van der Waals surface area contributed by atoms with Gasteiger partial charge < -0.3 is 24.1 Å². The van der Waals surface area contributed by atoms with Gasteiger partial charge in [0.15, 0.2) is 0 Å². The molecule has 7 heterocycles.